The molecule has 1 rings (SSSR count). The summed E-state index contributed by atoms with van der Waals surface area (Å²) in [5.74, 6) is -0.373. The van der Waals surface area contributed by atoms with E-state index in [4.69, 9.17) is 5.26 Å². The number of nitrogens with one attached hydrogen (secondary N) is 1. The van der Waals surface area contributed by atoms with Crippen molar-refractivity contribution >= 4 is 11.6 Å². The summed E-state index contributed by atoms with van der Waals surface area (Å²) < 4.78 is 0. The highest BCUT2D eigenvalue weighted by atomic mass is 16.1. The van der Waals surface area contributed by atoms with Gasteiger partial charge >= 0.3 is 0 Å². The molecular weight excluding hydrogens is 238 g/mol. The fourth-order valence-electron chi connectivity index (χ4n) is 1.58. The van der Waals surface area contributed by atoms with Crippen molar-refractivity contribution in [3.05, 3.63) is 41.1 Å². The summed E-state index contributed by atoms with van der Waals surface area (Å²) in [7, 11) is 3.61. The van der Waals surface area contributed by atoms with Crippen LogP contribution in [0.25, 0.3) is 0 Å². The van der Waals surface area contributed by atoms with Gasteiger partial charge in [0.2, 0.25) is 0 Å². The molecule has 4 nitrogen and oxygen atoms in total. The first-order chi connectivity index (χ1) is 8.99. The highest BCUT2D eigenvalue weighted by molar-refractivity contribution is 6.07. The molecule has 4 heteroatoms. The van der Waals surface area contributed by atoms with Crippen LogP contribution < -0.4 is 5.32 Å². The van der Waals surface area contributed by atoms with E-state index in [1.54, 1.807) is 25.9 Å². The largest absolute Gasteiger partial charge is 0.380 e. The molecule has 0 radical (unpaired) electrons. The molecule has 0 saturated heterocycles. The first-order valence-electron chi connectivity index (χ1n) is 6.18. The standard InChI is InChI=1S/C15H19N3O/c1-5-12-7-6-8-13(9-12)17-15(19)14(10-16)11(2)18(3)4/h6-9H,5H2,1-4H3,(H,17,19)/b14-11-. The third kappa shape index (κ3) is 3.85. The maximum absolute atomic E-state index is 12.1. The summed E-state index contributed by atoms with van der Waals surface area (Å²) in [4.78, 5) is 13.8. The summed E-state index contributed by atoms with van der Waals surface area (Å²) in [6.07, 6.45) is 0.904. The van der Waals surface area contributed by atoms with E-state index >= 15 is 0 Å². The lowest BCUT2D eigenvalue weighted by molar-refractivity contribution is -0.112. The number of hydrogen-bond acceptors (Lipinski definition) is 3. The molecule has 0 unspecified atom stereocenters. The number of amides is 1. The predicted molar refractivity (Wildman–Crippen MR) is 76.4 cm³/mol. The van der Waals surface area contributed by atoms with Gasteiger partial charge in [0, 0.05) is 25.5 Å². The number of carbonyl (C=O) groups excluding carboxylic acids is 1. The lowest BCUT2D eigenvalue weighted by Gasteiger charge is -2.15. The maximum atomic E-state index is 12.1. The van der Waals surface area contributed by atoms with Gasteiger partial charge in [0.05, 0.1) is 0 Å². The van der Waals surface area contributed by atoms with E-state index < -0.39 is 0 Å². The number of rotatable bonds is 4. The molecule has 0 aliphatic carbocycles. The zero-order chi connectivity index (χ0) is 14.4. The quantitative estimate of drug-likeness (QED) is 0.666. The molecule has 100 valence electrons. The zero-order valence-electron chi connectivity index (χ0n) is 11.8. The number of carbonyl (C=O) groups is 1. The highest BCUT2D eigenvalue weighted by Gasteiger charge is 2.14. The van der Waals surface area contributed by atoms with Crippen molar-refractivity contribution < 1.29 is 4.79 Å². The van der Waals surface area contributed by atoms with Crippen molar-refractivity contribution in [3.63, 3.8) is 0 Å². The summed E-state index contributed by atoms with van der Waals surface area (Å²) in [6, 6.07) is 9.58. The van der Waals surface area contributed by atoms with Crippen LogP contribution in [0.1, 0.15) is 19.4 Å². The Bertz CT molecular complexity index is 539. The van der Waals surface area contributed by atoms with Crippen LogP contribution >= 0.6 is 0 Å². The topological polar surface area (TPSA) is 56.1 Å². The van der Waals surface area contributed by atoms with E-state index in [0.29, 0.717) is 11.4 Å². The van der Waals surface area contributed by atoms with Gasteiger partial charge in [0.1, 0.15) is 11.6 Å². The average molecular weight is 257 g/mol. The number of allylic oxidation sites excluding steroid dienone is 1. The number of benzene rings is 1. The van der Waals surface area contributed by atoms with Gasteiger partial charge in [-0.15, -0.1) is 0 Å². The second-order valence-corrected chi connectivity index (χ2v) is 4.47. The van der Waals surface area contributed by atoms with Crippen molar-refractivity contribution in [3.8, 4) is 6.07 Å². The summed E-state index contributed by atoms with van der Waals surface area (Å²) >= 11 is 0. The van der Waals surface area contributed by atoms with Crippen LogP contribution in [0.3, 0.4) is 0 Å². The molecule has 0 atom stereocenters. The molecule has 0 aromatic heterocycles. The summed E-state index contributed by atoms with van der Waals surface area (Å²) in [5.41, 5.74) is 2.63. The van der Waals surface area contributed by atoms with E-state index in [0.717, 1.165) is 12.0 Å². The minimum absolute atomic E-state index is 0.131. The first kappa shape index (κ1) is 14.8. The lowest BCUT2D eigenvalue weighted by Crippen LogP contribution is -2.20. The van der Waals surface area contributed by atoms with Crippen molar-refractivity contribution in [2.45, 2.75) is 20.3 Å². The van der Waals surface area contributed by atoms with Gasteiger partial charge < -0.3 is 10.2 Å². The van der Waals surface area contributed by atoms with Crippen LogP contribution in [0, 0.1) is 11.3 Å². The van der Waals surface area contributed by atoms with Gasteiger partial charge in [-0.2, -0.15) is 5.26 Å². The van der Waals surface area contributed by atoms with E-state index in [1.807, 2.05) is 30.3 Å². The van der Waals surface area contributed by atoms with Crippen LogP contribution in [0.15, 0.2) is 35.5 Å². The third-order valence-corrected chi connectivity index (χ3v) is 2.96. The monoisotopic (exact) mass is 257 g/mol. The van der Waals surface area contributed by atoms with E-state index in [9.17, 15) is 4.79 Å². The normalized spacial score (nSPS) is 11.3. The molecule has 0 aliphatic rings. The molecular formula is C15H19N3O. The smallest absolute Gasteiger partial charge is 0.268 e. The van der Waals surface area contributed by atoms with Crippen molar-refractivity contribution in [1.29, 1.82) is 5.26 Å². The van der Waals surface area contributed by atoms with Gasteiger partial charge in [-0.25, -0.2) is 0 Å². The van der Waals surface area contributed by atoms with Crippen LogP contribution in [0.4, 0.5) is 5.69 Å². The van der Waals surface area contributed by atoms with E-state index in [1.165, 1.54) is 0 Å². The van der Waals surface area contributed by atoms with Crippen LogP contribution in [0.2, 0.25) is 0 Å². The molecule has 19 heavy (non-hydrogen) atoms. The van der Waals surface area contributed by atoms with Crippen LogP contribution in [0.5, 0.6) is 0 Å². The lowest BCUT2D eigenvalue weighted by atomic mass is 10.1. The predicted octanol–water partition coefficient (Wildman–Crippen LogP) is 2.55. The molecule has 0 saturated carbocycles. The van der Waals surface area contributed by atoms with Crippen LogP contribution in [-0.2, 0) is 11.2 Å². The molecule has 1 aromatic rings. The minimum atomic E-state index is -0.373. The molecule has 0 fully saturated rings. The van der Waals surface area contributed by atoms with Crippen molar-refractivity contribution in [2.75, 3.05) is 19.4 Å². The maximum Gasteiger partial charge on any atom is 0.268 e. The Balaban J connectivity index is 2.96. The summed E-state index contributed by atoms with van der Waals surface area (Å²) in [6.45, 7) is 3.80. The number of hydrogen-bond donors (Lipinski definition) is 1. The molecule has 0 aliphatic heterocycles. The highest BCUT2D eigenvalue weighted by Crippen LogP contribution is 2.14. The first-order valence-corrected chi connectivity index (χ1v) is 6.18. The second-order valence-electron chi connectivity index (χ2n) is 4.47. The second kappa shape index (κ2) is 6.60. The number of anilines is 1. The molecule has 1 aromatic carbocycles. The Hall–Kier alpha value is -2.28. The number of nitrogens with zero attached hydrogens (tertiary/aromatic N) is 2. The fraction of sp³-hybridized carbons (Fsp3) is 0.333. The Morgan fingerprint density at radius 3 is 2.63 bits per heavy atom. The molecule has 1 amide bonds. The van der Waals surface area contributed by atoms with Crippen molar-refractivity contribution in [1.82, 2.24) is 4.90 Å². The number of nitriles is 1. The van der Waals surface area contributed by atoms with Gasteiger partial charge in [-0.3, -0.25) is 4.79 Å². The third-order valence-electron chi connectivity index (χ3n) is 2.96. The van der Waals surface area contributed by atoms with E-state index in [2.05, 4.69) is 12.2 Å². The Kier molecular flexibility index (Phi) is 5.13. The van der Waals surface area contributed by atoms with E-state index in [-0.39, 0.29) is 11.5 Å². The fourth-order valence-corrected chi connectivity index (χ4v) is 1.58. The molecule has 1 N–H and O–H groups in total. The minimum Gasteiger partial charge on any atom is -0.380 e. The number of aryl methyl sites for hydroxylation is 1. The molecule has 0 heterocycles. The van der Waals surface area contributed by atoms with Crippen LogP contribution in [-0.4, -0.2) is 24.9 Å². The van der Waals surface area contributed by atoms with Gasteiger partial charge in [-0.1, -0.05) is 19.1 Å². The Morgan fingerprint density at radius 1 is 1.42 bits per heavy atom. The molecule has 0 spiro atoms. The van der Waals surface area contributed by atoms with Gasteiger partial charge in [0.15, 0.2) is 0 Å². The summed E-state index contributed by atoms with van der Waals surface area (Å²) in [5, 5.41) is 11.9. The zero-order valence-corrected chi connectivity index (χ0v) is 11.8. The average Bonchev–Trinajstić information content (AvgIpc) is 2.39. The van der Waals surface area contributed by atoms with Crippen molar-refractivity contribution in [2.24, 2.45) is 0 Å². The SMILES string of the molecule is CCc1cccc(NC(=O)/C(C#N)=C(/C)N(C)C)c1. The van der Waals surface area contributed by atoms with Gasteiger partial charge in [0.25, 0.3) is 5.91 Å². The van der Waals surface area contributed by atoms with Gasteiger partial charge in [-0.05, 0) is 31.0 Å². The Labute approximate surface area is 114 Å². The Morgan fingerprint density at radius 2 is 2.11 bits per heavy atom. The molecule has 0 bridgehead atoms.